The summed E-state index contributed by atoms with van der Waals surface area (Å²) in [6.07, 6.45) is 28.9. The Morgan fingerprint density at radius 1 is 0.815 bits per heavy atom. The molecule has 1 atom stereocenters. The third kappa shape index (κ3) is 20.8. The van der Waals surface area contributed by atoms with E-state index in [-0.39, 0.29) is 5.91 Å². The summed E-state index contributed by atoms with van der Waals surface area (Å²) in [6.45, 7) is 2.45. The van der Waals surface area contributed by atoms with Crippen molar-refractivity contribution in [2.24, 2.45) is 11.7 Å². The number of unbranched alkanes of at least 4 members (excludes halogenated alkanes) is 7. The Kier molecular flexibility index (Phi) is 19.9. The Morgan fingerprint density at radius 2 is 1.33 bits per heavy atom. The van der Waals surface area contributed by atoms with Crippen LogP contribution in [0, 0.1) is 5.92 Å². The van der Waals surface area contributed by atoms with E-state index in [0.717, 1.165) is 44.9 Å². The minimum Gasteiger partial charge on any atom is -0.396 e. The number of aliphatic hydroxyl groups excluding tert-OH is 1. The van der Waals surface area contributed by atoms with Gasteiger partial charge in [-0.1, -0.05) is 81.9 Å². The lowest BCUT2D eigenvalue weighted by Gasteiger charge is -2.08. The number of aliphatic hydroxyl groups is 1. The standard InChI is InChI=1S/C24H43NO2/c1-2-23(22-26)20-18-16-14-12-10-8-6-4-3-5-7-9-11-13-15-17-19-21-24(25)27/h3-4,8,10,14,16,23,26H,2,5-7,9,11-13,15,17-22H2,1H3,(H2,25,27)/b4-3-,10-8-,16-14-. The van der Waals surface area contributed by atoms with Crippen molar-refractivity contribution in [2.45, 2.75) is 96.8 Å². The monoisotopic (exact) mass is 377 g/mol. The van der Waals surface area contributed by atoms with E-state index in [4.69, 9.17) is 10.8 Å². The van der Waals surface area contributed by atoms with Crippen LogP contribution in [0.4, 0.5) is 0 Å². The van der Waals surface area contributed by atoms with Crippen molar-refractivity contribution in [3.05, 3.63) is 36.5 Å². The Bertz CT molecular complexity index is 409. The number of primary amides is 1. The summed E-state index contributed by atoms with van der Waals surface area (Å²) in [7, 11) is 0. The topological polar surface area (TPSA) is 63.3 Å². The van der Waals surface area contributed by atoms with Gasteiger partial charge in [0, 0.05) is 13.0 Å². The highest BCUT2D eigenvalue weighted by Crippen LogP contribution is 2.11. The van der Waals surface area contributed by atoms with Crippen LogP contribution in [0.1, 0.15) is 96.8 Å². The molecule has 0 radical (unpaired) electrons. The molecule has 0 aliphatic carbocycles. The molecule has 0 saturated heterocycles. The average Bonchev–Trinajstić information content (AvgIpc) is 2.66. The molecule has 1 unspecified atom stereocenters. The van der Waals surface area contributed by atoms with Crippen LogP contribution in [0.2, 0.25) is 0 Å². The van der Waals surface area contributed by atoms with Crippen molar-refractivity contribution < 1.29 is 9.90 Å². The molecule has 27 heavy (non-hydrogen) atoms. The molecule has 3 nitrogen and oxygen atoms in total. The van der Waals surface area contributed by atoms with Crippen LogP contribution < -0.4 is 5.73 Å². The van der Waals surface area contributed by atoms with Crippen molar-refractivity contribution >= 4 is 5.91 Å². The molecule has 0 aliphatic heterocycles. The first kappa shape index (κ1) is 25.6. The third-order valence-electron chi connectivity index (χ3n) is 4.92. The highest BCUT2D eigenvalue weighted by Gasteiger charge is 2.01. The maximum atomic E-state index is 10.6. The zero-order valence-corrected chi connectivity index (χ0v) is 17.6. The van der Waals surface area contributed by atoms with Gasteiger partial charge in [0.1, 0.15) is 0 Å². The largest absolute Gasteiger partial charge is 0.396 e. The first-order valence-electron chi connectivity index (χ1n) is 11.0. The molecular formula is C24H43NO2. The van der Waals surface area contributed by atoms with Gasteiger partial charge in [-0.3, -0.25) is 4.79 Å². The van der Waals surface area contributed by atoms with E-state index in [1.54, 1.807) is 0 Å². The molecule has 0 saturated carbocycles. The van der Waals surface area contributed by atoms with Gasteiger partial charge in [-0.25, -0.2) is 0 Å². The number of nitrogens with two attached hydrogens (primary N) is 1. The number of allylic oxidation sites excluding steroid dienone is 6. The van der Waals surface area contributed by atoms with Crippen molar-refractivity contribution in [2.75, 3.05) is 6.61 Å². The number of hydrogen-bond donors (Lipinski definition) is 2. The smallest absolute Gasteiger partial charge is 0.217 e. The number of carbonyl (C=O) groups excluding carboxylic acids is 1. The molecular weight excluding hydrogens is 334 g/mol. The van der Waals surface area contributed by atoms with E-state index < -0.39 is 0 Å². The molecule has 0 rings (SSSR count). The lowest BCUT2D eigenvalue weighted by Crippen LogP contribution is -2.09. The maximum Gasteiger partial charge on any atom is 0.217 e. The SMILES string of the molecule is CCC(CO)CC/C=C\C/C=C\C/C=C\CCCCCCCCCC(N)=O. The van der Waals surface area contributed by atoms with Crippen molar-refractivity contribution in [3.63, 3.8) is 0 Å². The van der Waals surface area contributed by atoms with Crippen LogP contribution in [-0.2, 0) is 4.79 Å². The van der Waals surface area contributed by atoms with E-state index in [0.29, 0.717) is 18.9 Å². The van der Waals surface area contributed by atoms with Crippen LogP contribution in [-0.4, -0.2) is 17.6 Å². The molecule has 1 amide bonds. The summed E-state index contributed by atoms with van der Waals surface area (Å²) >= 11 is 0. The Morgan fingerprint density at radius 3 is 1.89 bits per heavy atom. The quantitative estimate of drug-likeness (QED) is 0.207. The van der Waals surface area contributed by atoms with Gasteiger partial charge in [-0.2, -0.15) is 0 Å². The normalized spacial score (nSPS) is 13.3. The molecule has 3 heteroatoms. The van der Waals surface area contributed by atoms with Crippen molar-refractivity contribution in [1.29, 1.82) is 0 Å². The predicted octanol–water partition coefficient (Wildman–Crippen LogP) is 6.23. The second kappa shape index (κ2) is 21.0. The summed E-state index contributed by atoms with van der Waals surface area (Å²) in [5, 5.41) is 9.13. The number of carbonyl (C=O) groups is 1. The van der Waals surface area contributed by atoms with Crippen LogP contribution in [0.5, 0.6) is 0 Å². The second-order valence-electron chi connectivity index (χ2n) is 7.40. The van der Waals surface area contributed by atoms with E-state index in [9.17, 15) is 4.79 Å². The molecule has 0 fully saturated rings. The molecule has 0 aliphatic rings. The van der Waals surface area contributed by atoms with E-state index in [2.05, 4.69) is 43.4 Å². The minimum atomic E-state index is -0.174. The highest BCUT2D eigenvalue weighted by atomic mass is 16.3. The van der Waals surface area contributed by atoms with Gasteiger partial charge in [0.2, 0.25) is 5.91 Å². The predicted molar refractivity (Wildman–Crippen MR) is 118 cm³/mol. The summed E-state index contributed by atoms with van der Waals surface area (Å²) in [5.41, 5.74) is 5.12. The van der Waals surface area contributed by atoms with Gasteiger partial charge in [0.25, 0.3) is 0 Å². The summed E-state index contributed by atoms with van der Waals surface area (Å²) in [4.78, 5) is 10.6. The maximum absolute atomic E-state index is 10.6. The fourth-order valence-electron chi connectivity index (χ4n) is 2.98. The number of amides is 1. The van der Waals surface area contributed by atoms with E-state index in [1.807, 2.05) is 0 Å². The lowest BCUT2D eigenvalue weighted by atomic mass is 10.0. The molecule has 0 aromatic carbocycles. The average molecular weight is 378 g/mol. The van der Waals surface area contributed by atoms with E-state index in [1.165, 1.54) is 38.5 Å². The fourth-order valence-corrected chi connectivity index (χ4v) is 2.98. The molecule has 0 bridgehead atoms. The van der Waals surface area contributed by atoms with Crippen LogP contribution >= 0.6 is 0 Å². The molecule has 0 heterocycles. The molecule has 3 N–H and O–H groups in total. The van der Waals surface area contributed by atoms with Crippen LogP contribution in [0.3, 0.4) is 0 Å². The lowest BCUT2D eigenvalue weighted by molar-refractivity contribution is -0.118. The Hall–Kier alpha value is -1.35. The van der Waals surface area contributed by atoms with Gasteiger partial charge < -0.3 is 10.8 Å². The van der Waals surface area contributed by atoms with Crippen LogP contribution in [0.25, 0.3) is 0 Å². The van der Waals surface area contributed by atoms with Gasteiger partial charge >= 0.3 is 0 Å². The van der Waals surface area contributed by atoms with Crippen LogP contribution in [0.15, 0.2) is 36.5 Å². The van der Waals surface area contributed by atoms with Gasteiger partial charge in [0.05, 0.1) is 0 Å². The van der Waals surface area contributed by atoms with Gasteiger partial charge in [0.15, 0.2) is 0 Å². The zero-order valence-electron chi connectivity index (χ0n) is 17.6. The third-order valence-corrected chi connectivity index (χ3v) is 4.92. The number of rotatable bonds is 19. The highest BCUT2D eigenvalue weighted by molar-refractivity contribution is 5.73. The summed E-state index contributed by atoms with van der Waals surface area (Å²) in [6, 6.07) is 0. The van der Waals surface area contributed by atoms with Crippen molar-refractivity contribution in [1.82, 2.24) is 0 Å². The van der Waals surface area contributed by atoms with Gasteiger partial charge in [-0.15, -0.1) is 0 Å². The Balaban J connectivity index is 3.34. The number of hydrogen-bond acceptors (Lipinski definition) is 2. The second-order valence-corrected chi connectivity index (χ2v) is 7.40. The molecule has 0 aromatic rings. The summed E-state index contributed by atoms with van der Waals surface area (Å²) in [5.74, 6) is 0.288. The molecule has 0 spiro atoms. The zero-order chi connectivity index (χ0) is 20.0. The van der Waals surface area contributed by atoms with Crippen molar-refractivity contribution in [3.8, 4) is 0 Å². The first-order valence-corrected chi connectivity index (χ1v) is 11.0. The fraction of sp³-hybridized carbons (Fsp3) is 0.708. The Labute approximate surface area is 167 Å². The summed E-state index contributed by atoms with van der Waals surface area (Å²) < 4.78 is 0. The van der Waals surface area contributed by atoms with Gasteiger partial charge in [-0.05, 0) is 50.9 Å². The molecule has 0 aromatic heterocycles. The van der Waals surface area contributed by atoms with E-state index >= 15 is 0 Å². The minimum absolute atomic E-state index is 0.174. The molecule has 156 valence electrons. The first-order chi connectivity index (χ1) is 13.2.